The van der Waals surface area contributed by atoms with E-state index in [1.165, 1.54) is 17.8 Å². The number of likely N-dealkylation sites (tertiary alicyclic amines) is 1. The van der Waals surface area contributed by atoms with Crippen molar-refractivity contribution in [3.63, 3.8) is 0 Å². The number of nitrogens with zero attached hydrogens (tertiary/aromatic N) is 2. The molecule has 128 valence electrons. The lowest BCUT2D eigenvalue weighted by Gasteiger charge is -2.17. The Morgan fingerprint density at radius 1 is 1.16 bits per heavy atom. The highest BCUT2D eigenvalue weighted by molar-refractivity contribution is 5.92. The maximum absolute atomic E-state index is 12.3. The minimum atomic E-state index is -0.439. The summed E-state index contributed by atoms with van der Waals surface area (Å²) in [5.74, 6) is 0.0139. The van der Waals surface area contributed by atoms with E-state index in [1.54, 1.807) is 12.1 Å². The van der Waals surface area contributed by atoms with Crippen molar-refractivity contribution in [1.29, 1.82) is 0 Å². The molecular formula is C19H19N3O3. The highest BCUT2D eigenvalue weighted by Crippen LogP contribution is 2.45. The van der Waals surface area contributed by atoms with Gasteiger partial charge >= 0.3 is 5.91 Å². The van der Waals surface area contributed by atoms with Gasteiger partial charge in [0.2, 0.25) is 5.91 Å². The van der Waals surface area contributed by atoms with Crippen LogP contribution in [0.2, 0.25) is 0 Å². The zero-order chi connectivity index (χ0) is 17.4. The van der Waals surface area contributed by atoms with E-state index in [2.05, 4.69) is 17.4 Å². The van der Waals surface area contributed by atoms with Crippen LogP contribution in [0.1, 0.15) is 34.8 Å². The fourth-order valence-corrected chi connectivity index (χ4v) is 3.60. The second kappa shape index (κ2) is 6.20. The van der Waals surface area contributed by atoms with Gasteiger partial charge in [0, 0.05) is 37.1 Å². The number of hydrogen-bond acceptors (Lipinski definition) is 3. The molecule has 0 spiro atoms. The summed E-state index contributed by atoms with van der Waals surface area (Å²) in [6.45, 7) is 0.504. The largest absolute Gasteiger partial charge is 0.618 e. The fourth-order valence-electron chi connectivity index (χ4n) is 3.60. The predicted molar refractivity (Wildman–Crippen MR) is 90.6 cm³/mol. The summed E-state index contributed by atoms with van der Waals surface area (Å²) in [6, 6.07) is 14.8. The molecule has 3 unspecified atom stereocenters. The van der Waals surface area contributed by atoms with Gasteiger partial charge in [-0.25, -0.2) is 0 Å². The van der Waals surface area contributed by atoms with Gasteiger partial charge in [0.05, 0.1) is 6.04 Å². The van der Waals surface area contributed by atoms with Crippen molar-refractivity contribution in [2.45, 2.75) is 30.8 Å². The number of nitrogens with one attached hydrogen (secondary N) is 1. The van der Waals surface area contributed by atoms with Crippen molar-refractivity contribution in [2.75, 3.05) is 6.54 Å². The van der Waals surface area contributed by atoms with Crippen molar-refractivity contribution in [3.8, 4) is 0 Å². The highest BCUT2D eigenvalue weighted by atomic mass is 16.5. The molecule has 1 aliphatic carbocycles. The minimum Gasteiger partial charge on any atom is -0.618 e. The molecule has 6 heteroatoms. The Balaban J connectivity index is 1.38. The second-order valence-corrected chi connectivity index (χ2v) is 6.65. The predicted octanol–water partition coefficient (Wildman–Crippen LogP) is 1.21. The maximum Gasteiger partial charge on any atom is 0.317 e. The van der Waals surface area contributed by atoms with Crippen molar-refractivity contribution < 1.29 is 14.3 Å². The molecule has 3 atom stereocenters. The summed E-state index contributed by atoms with van der Waals surface area (Å²) in [5.41, 5.74) is 1.30. The molecule has 1 saturated heterocycles. The zero-order valence-corrected chi connectivity index (χ0v) is 13.7. The van der Waals surface area contributed by atoms with Gasteiger partial charge in [-0.15, -0.1) is 0 Å². The summed E-state index contributed by atoms with van der Waals surface area (Å²) < 4.78 is 0.538. The fraction of sp³-hybridized carbons (Fsp3) is 0.316. The van der Waals surface area contributed by atoms with Crippen LogP contribution in [0.3, 0.4) is 0 Å². The number of amides is 2. The molecule has 1 aromatic carbocycles. The van der Waals surface area contributed by atoms with E-state index in [4.69, 9.17) is 0 Å². The molecule has 25 heavy (non-hydrogen) atoms. The monoisotopic (exact) mass is 337 g/mol. The summed E-state index contributed by atoms with van der Waals surface area (Å²) in [7, 11) is 0. The van der Waals surface area contributed by atoms with Gasteiger partial charge in [-0.1, -0.05) is 30.3 Å². The number of hydrogen-bond donors (Lipinski definition) is 1. The molecule has 1 aromatic heterocycles. The molecule has 6 nitrogen and oxygen atoms in total. The Hall–Kier alpha value is -2.89. The van der Waals surface area contributed by atoms with Crippen LogP contribution < -0.4 is 10.0 Å². The Morgan fingerprint density at radius 3 is 2.68 bits per heavy atom. The van der Waals surface area contributed by atoms with E-state index in [1.807, 2.05) is 23.1 Å². The lowest BCUT2D eigenvalue weighted by Crippen LogP contribution is -2.44. The highest BCUT2D eigenvalue weighted by Gasteiger charge is 2.48. The molecule has 1 saturated carbocycles. The van der Waals surface area contributed by atoms with Gasteiger partial charge in [0.15, 0.2) is 6.20 Å². The van der Waals surface area contributed by atoms with Gasteiger partial charge in [-0.05, 0) is 18.1 Å². The molecule has 2 aliphatic rings. The van der Waals surface area contributed by atoms with E-state index in [9.17, 15) is 14.8 Å². The third kappa shape index (κ3) is 3.07. The van der Waals surface area contributed by atoms with Crippen LogP contribution in [0, 0.1) is 5.21 Å². The van der Waals surface area contributed by atoms with Crippen LogP contribution in [0.15, 0.2) is 54.7 Å². The SMILES string of the molecule is O=C(NC1CC(=O)N(C2CC2c2ccccc2)C1)c1cccc[n+]1[O-]. The normalized spacial score (nSPS) is 25.0. The van der Waals surface area contributed by atoms with Crippen LogP contribution in [0.5, 0.6) is 0 Å². The van der Waals surface area contributed by atoms with Crippen molar-refractivity contribution in [3.05, 3.63) is 71.2 Å². The first-order valence-corrected chi connectivity index (χ1v) is 8.47. The molecule has 0 bridgehead atoms. The first-order chi connectivity index (χ1) is 12.1. The molecule has 2 fully saturated rings. The van der Waals surface area contributed by atoms with E-state index in [0.29, 0.717) is 17.2 Å². The molecule has 0 radical (unpaired) electrons. The number of benzene rings is 1. The molecule has 1 aliphatic heterocycles. The van der Waals surface area contributed by atoms with Crippen molar-refractivity contribution in [1.82, 2.24) is 10.2 Å². The first kappa shape index (κ1) is 15.6. The number of rotatable bonds is 4. The van der Waals surface area contributed by atoms with E-state index in [0.717, 1.165) is 6.42 Å². The van der Waals surface area contributed by atoms with Crippen LogP contribution in [-0.2, 0) is 4.79 Å². The van der Waals surface area contributed by atoms with Gasteiger partial charge in [-0.2, -0.15) is 4.73 Å². The average molecular weight is 337 g/mol. The van der Waals surface area contributed by atoms with Gasteiger partial charge < -0.3 is 15.4 Å². The van der Waals surface area contributed by atoms with Crippen LogP contribution in [0.4, 0.5) is 0 Å². The Morgan fingerprint density at radius 2 is 1.92 bits per heavy atom. The third-order valence-corrected chi connectivity index (χ3v) is 4.94. The lowest BCUT2D eigenvalue weighted by molar-refractivity contribution is -0.607. The number of carbonyl (C=O) groups excluding carboxylic acids is 2. The number of pyridine rings is 1. The van der Waals surface area contributed by atoms with E-state index >= 15 is 0 Å². The Bertz CT molecular complexity index is 809. The molecular weight excluding hydrogens is 318 g/mol. The molecule has 4 rings (SSSR count). The number of aromatic nitrogens is 1. The van der Waals surface area contributed by atoms with Crippen LogP contribution >= 0.6 is 0 Å². The molecule has 2 aromatic rings. The maximum atomic E-state index is 12.3. The van der Waals surface area contributed by atoms with Gasteiger partial charge in [-0.3, -0.25) is 9.59 Å². The Labute approximate surface area is 145 Å². The topological polar surface area (TPSA) is 76.4 Å². The molecule has 1 N–H and O–H groups in total. The average Bonchev–Trinajstić information content (AvgIpc) is 3.33. The zero-order valence-electron chi connectivity index (χ0n) is 13.7. The molecule has 2 heterocycles. The second-order valence-electron chi connectivity index (χ2n) is 6.65. The van der Waals surface area contributed by atoms with Gasteiger partial charge in [0.1, 0.15) is 0 Å². The summed E-state index contributed by atoms with van der Waals surface area (Å²) >= 11 is 0. The van der Waals surface area contributed by atoms with E-state index < -0.39 is 5.91 Å². The standard InChI is InChI=1S/C19H19N3O3/c23-18-10-14(20-19(24)16-8-4-5-9-22(16)25)12-21(18)17-11-15(17)13-6-2-1-3-7-13/h1-9,14-15,17H,10-12H2,(H,20,24). The van der Waals surface area contributed by atoms with Crippen LogP contribution in [-0.4, -0.2) is 35.3 Å². The smallest absolute Gasteiger partial charge is 0.317 e. The van der Waals surface area contributed by atoms with Crippen molar-refractivity contribution in [2.24, 2.45) is 0 Å². The summed E-state index contributed by atoms with van der Waals surface area (Å²) in [4.78, 5) is 26.5. The van der Waals surface area contributed by atoms with Crippen LogP contribution in [0.25, 0.3) is 0 Å². The minimum absolute atomic E-state index is 0.0435. The molecule has 2 amide bonds. The first-order valence-electron chi connectivity index (χ1n) is 8.47. The quantitative estimate of drug-likeness (QED) is 0.673. The third-order valence-electron chi connectivity index (χ3n) is 4.94. The number of carbonyl (C=O) groups is 2. The lowest BCUT2D eigenvalue weighted by atomic mass is 10.1. The summed E-state index contributed by atoms with van der Waals surface area (Å²) in [5, 5.41) is 14.5. The van der Waals surface area contributed by atoms with Gasteiger partial charge in [0.25, 0.3) is 5.69 Å². The summed E-state index contributed by atoms with van der Waals surface area (Å²) in [6.07, 6.45) is 2.54. The van der Waals surface area contributed by atoms with Crippen molar-refractivity contribution >= 4 is 11.8 Å². The van der Waals surface area contributed by atoms with E-state index in [-0.39, 0.29) is 30.1 Å². The Kier molecular flexibility index (Phi) is 3.87.